The first-order valence-corrected chi connectivity index (χ1v) is 8.15. The zero-order valence-electron chi connectivity index (χ0n) is 14.1. The van der Waals surface area contributed by atoms with Crippen LogP contribution in [0.4, 0.5) is 13.2 Å². The second-order valence-corrected chi connectivity index (χ2v) is 6.09. The highest BCUT2D eigenvalue weighted by Crippen LogP contribution is 2.31. The number of carbonyl (C=O) groups excluding carboxylic acids is 1. The van der Waals surface area contributed by atoms with Crippen molar-refractivity contribution in [2.24, 2.45) is 5.41 Å². The second kappa shape index (κ2) is 8.53. The van der Waals surface area contributed by atoms with Crippen LogP contribution in [0, 0.1) is 5.41 Å². The molecule has 0 unspecified atom stereocenters. The summed E-state index contributed by atoms with van der Waals surface area (Å²) in [6.45, 7) is 2.15. The third-order valence-corrected chi connectivity index (χ3v) is 4.28. The van der Waals surface area contributed by atoms with Crippen molar-refractivity contribution >= 4 is 5.91 Å². The van der Waals surface area contributed by atoms with Crippen LogP contribution in [0.15, 0.2) is 24.3 Å². The van der Waals surface area contributed by atoms with Gasteiger partial charge in [-0.2, -0.15) is 13.2 Å². The summed E-state index contributed by atoms with van der Waals surface area (Å²) in [5.74, 6) is 0.0148. The van der Waals surface area contributed by atoms with Gasteiger partial charge in [-0.3, -0.25) is 4.79 Å². The van der Waals surface area contributed by atoms with Crippen LogP contribution in [0.3, 0.4) is 0 Å². The molecule has 0 spiro atoms. The average molecular weight is 360 g/mol. The first kappa shape index (κ1) is 19.5. The van der Waals surface area contributed by atoms with E-state index in [4.69, 9.17) is 9.47 Å². The maximum atomic E-state index is 12.7. The van der Waals surface area contributed by atoms with Crippen LogP contribution >= 0.6 is 0 Å². The van der Waals surface area contributed by atoms with E-state index in [-0.39, 0.29) is 24.8 Å². The molecular weight excluding hydrogens is 337 g/mol. The van der Waals surface area contributed by atoms with E-state index in [2.05, 4.69) is 10.6 Å². The summed E-state index contributed by atoms with van der Waals surface area (Å²) in [5, 5.41) is 6.01. The molecule has 1 heterocycles. The number of nitrogens with one attached hydrogen (secondary N) is 2. The van der Waals surface area contributed by atoms with Crippen LogP contribution in [-0.2, 0) is 15.7 Å². The minimum atomic E-state index is -4.41. The number of amides is 1. The summed E-state index contributed by atoms with van der Waals surface area (Å²) < 4.78 is 48.5. The maximum Gasteiger partial charge on any atom is 0.416 e. The van der Waals surface area contributed by atoms with Crippen LogP contribution in [0.1, 0.15) is 18.4 Å². The Balaban J connectivity index is 1.83. The van der Waals surface area contributed by atoms with Crippen LogP contribution in [0.5, 0.6) is 5.75 Å². The van der Waals surface area contributed by atoms with Gasteiger partial charge in [0.05, 0.1) is 24.1 Å². The molecule has 8 heteroatoms. The van der Waals surface area contributed by atoms with Gasteiger partial charge >= 0.3 is 6.18 Å². The lowest BCUT2D eigenvalue weighted by Gasteiger charge is -2.35. The van der Waals surface area contributed by atoms with E-state index in [1.807, 2.05) is 0 Å². The average Bonchev–Trinajstić information content (AvgIpc) is 2.59. The van der Waals surface area contributed by atoms with Gasteiger partial charge in [0.1, 0.15) is 12.4 Å². The van der Waals surface area contributed by atoms with Crippen molar-refractivity contribution in [2.45, 2.75) is 19.0 Å². The standard InChI is InChI=1S/C17H23F3N2O3/c1-24-12-16(5-7-21-8-6-16)15(23)22-9-10-25-14-4-2-3-13(11-14)17(18,19)20/h2-4,11,21H,5-10,12H2,1H3,(H,22,23). The van der Waals surface area contributed by atoms with Crippen molar-refractivity contribution in [1.82, 2.24) is 10.6 Å². The number of hydrogen-bond acceptors (Lipinski definition) is 4. The quantitative estimate of drug-likeness (QED) is 0.732. The monoisotopic (exact) mass is 360 g/mol. The van der Waals surface area contributed by atoms with E-state index in [1.54, 1.807) is 7.11 Å². The van der Waals surface area contributed by atoms with Crippen molar-refractivity contribution in [3.05, 3.63) is 29.8 Å². The number of methoxy groups -OCH3 is 1. The summed E-state index contributed by atoms with van der Waals surface area (Å²) in [6, 6.07) is 4.68. The predicted octanol–water partition coefficient (Wildman–Crippen LogP) is 2.22. The van der Waals surface area contributed by atoms with Gasteiger partial charge in [0.25, 0.3) is 0 Å². The predicted molar refractivity (Wildman–Crippen MR) is 86.4 cm³/mol. The molecule has 25 heavy (non-hydrogen) atoms. The van der Waals surface area contributed by atoms with Crippen molar-refractivity contribution in [3.8, 4) is 5.75 Å². The molecule has 0 atom stereocenters. The molecule has 1 aromatic carbocycles. The number of benzene rings is 1. The zero-order valence-corrected chi connectivity index (χ0v) is 14.1. The molecule has 5 nitrogen and oxygen atoms in total. The van der Waals surface area contributed by atoms with Gasteiger partial charge in [-0.15, -0.1) is 0 Å². The van der Waals surface area contributed by atoms with Crippen LogP contribution < -0.4 is 15.4 Å². The van der Waals surface area contributed by atoms with E-state index in [0.29, 0.717) is 19.4 Å². The van der Waals surface area contributed by atoms with Crippen molar-refractivity contribution < 1.29 is 27.4 Å². The van der Waals surface area contributed by atoms with Crippen LogP contribution in [-0.4, -0.2) is 45.9 Å². The molecule has 0 bridgehead atoms. The molecular formula is C17H23F3N2O3. The summed E-state index contributed by atoms with van der Waals surface area (Å²) in [7, 11) is 1.56. The van der Waals surface area contributed by atoms with Gasteiger partial charge in [-0.1, -0.05) is 6.07 Å². The molecule has 1 saturated heterocycles. The molecule has 140 valence electrons. The largest absolute Gasteiger partial charge is 0.492 e. The fraction of sp³-hybridized carbons (Fsp3) is 0.588. The molecule has 0 saturated carbocycles. The molecule has 1 fully saturated rings. The van der Waals surface area contributed by atoms with Gasteiger partial charge in [-0.25, -0.2) is 0 Å². The molecule has 1 amide bonds. The number of carbonyl (C=O) groups is 1. The third kappa shape index (κ3) is 5.34. The van der Waals surface area contributed by atoms with Gasteiger partial charge in [0.15, 0.2) is 0 Å². The lowest BCUT2D eigenvalue weighted by Crippen LogP contribution is -2.50. The fourth-order valence-corrected chi connectivity index (χ4v) is 2.90. The lowest BCUT2D eigenvalue weighted by atomic mass is 9.78. The lowest BCUT2D eigenvalue weighted by molar-refractivity contribution is -0.137. The Labute approximate surface area is 144 Å². The SMILES string of the molecule is COCC1(C(=O)NCCOc2cccc(C(F)(F)F)c2)CCNCC1. The molecule has 1 aliphatic rings. The van der Waals surface area contributed by atoms with Crippen LogP contribution in [0.25, 0.3) is 0 Å². The molecule has 1 aliphatic heterocycles. The highest BCUT2D eigenvalue weighted by atomic mass is 19.4. The number of hydrogen-bond donors (Lipinski definition) is 2. The Morgan fingerprint density at radius 3 is 2.68 bits per heavy atom. The Morgan fingerprint density at radius 1 is 1.32 bits per heavy atom. The Kier molecular flexibility index (Phi) is 6.66. The van der Waals surface area contributed by atoms with E-state index in [1.165, 1.54) is 12.1 Å². The number of rotatable bonds is 7. The molecule has 0 radical (unpaired) electrons. The maximum absolute atomic E-state index is 12.7. The molecule has 0 aromatic heterocycles. The third-order valence-electron chi connectivity index (χ3n) is 4.28. The van der Waals surface area contributed by atoms with Crippen molar-refractivity contribution in [3.63, 3.8) is 0 Å². The van der Waals surface area contributed by atoms with Crippen molar-refractivity contribution in [1.29, 1.82) is 0 Å². The Hall–Kier alpha value is -1.80. The van der Waals surface area contributed by atoms with Gasteiger partial charge in [-0.05, 0) is 44.1 Å². The minimum absolute atomic E-state index is 0.0916. The Morgan fingerprint density at radius 2 is 2.04 bits per heavy atom. The number of piperidine rings is 1. The first-order chi connectivity index (χ1) is 11.9. The van der Waals surface area contributed by atoms with Gasteiger partial charge in [0, 0.05) is 7.11 Å². The number of halogens is 3. The molecule has 0 aliphatic carbocycles. The summed E-state index contributed by atoms with van der Waals surface area (Å²) >= 11 is 0. The zero-order chi connectivity index (χ0) is 18.3. The Bertz CT molecular complexity index is 567. The van der Waals surface area contributed by atoms with Gasteiger partial charge in [0.2, 0.25) is 5.91 Å². The van der Waals surface area contributed by atoms with Crippen LogP contribution in [0.2, 0.25) is 0 Å². The highest BCUT2D eigenvalue weighted by molar-refractivity contribution is 5.83. The topological polar surface area (TPSA) is 59.6 Å². The normalized spacial score (nSPS) is 17.1. The van der Waals surface area contributed by atoms with Gasteiger partial charge < -0.3 is 20.1 Å². The number of alkyl halides is 3. The first-order valence-electron chi connectivity index (χ1n) is 8.15. The fourth-order valence-electron chi connectivity index (χ4n) is 2.90. The van der Waals surface area contributed by atoms with E-state index in [9.17, 15) is 18.0 Å². The molecule has 2 rings (SSSR count). The number of ether oxygens (including phenoxy) is 2. The van der Waals surface area contributed by atoms with Crippen molar-refractivity contribution in [2.75, 3.05) is 40.0 Å². The van der Waals surface area contributed by atoms with E-state index in [0.717, 1.165) is 25.2 Å². The summed E-state index contributed by atoms with van der Waals surface area (Å²) in [6.07, 6.45) is -3.04. The summed E-state index contributed by atoms with van der Waals surface area (Å²) in [5.41, 5.74) is -1.32. The smallest absolute Gasteiger partial charge is 0.416 e. The minimum Gasteiger partial charge on any atom is -0.492 e. The molecule has 1 aromatic rings. The highest BCUT2D eigenvalue weighted by Gasteiger charge is 2.39. The van der Waals surface area contributed by atoms with E-state index >= 15 is 0 Å². The molecule has 2 N–H and O–H groups in total. The van der Waals surface area contributed by atoms with E-state index < -0.39 is 17.2 Å². The second-order valence-electron chi connectivity index (χ2n) is 6.09. The summed E-state index contributed by atoms with van der Waals surface area (Å²) in [4.78, 5) is 12.5.